The minimum atomic E-state index is -1.34. The number of carbonyl (C=O) groups is 2. The van der Waals surface area contributed by atoms with E-state index in [1.54, 1.807) is 0 Å². The lowest BCUT2D eigenvalue weighted by Crippen LogP contribution is -2.45. The predicted octanol–water partition coefficient (Wildman–Crippen LogP) is 2.41. The van der Waals surface area contributed by atoms with Crippen LogP contribution >= 0.6 is 0 Å². The fraction of sp³-hybridized carbons (Fsp3) is 0.714. The summed E-state index contributed by atoms with van der Waals surface area (Å²) in [5.41, 5.74) is 0.153. The summed E-state index contributed by atoms with van der Waals surface area (Å²) >= 11 is 0. The molecule has 0 aromatic rings. The number of ketones is 1. The lowest BCUT2D eigenvalue weighted by molar-refractivity contribution is -0.146. The Labute approximate surface area is 101 Å². The van der Waals surface area contributed by atoms with Gasteiger partial charge in [-0.25, -0.2) is 4.79 Å². The van der Waals surface area contributed by atoms with E-state index in [0.29, 0.717) is 0 Å². The smallest absolute Gasteiger partial charge is 0.376 e. The Balaban J connectivity index is 1.78. The standard InChI is InChI=1S/C14H18O3/c15-12(13(16)17)1-2-14-6-9-3-10(7-14)5-11(4-9)8-14/h1-2,9-11H,3-8H2,(H,16,17)/b2-1+. The van der Waals surface area contributed by atoms with Crippen LogP contribution in [0.1, 0.15) is 38.5 Å². The van der Waals surface area contributed by atoms with E-state index in [-0.39, 0.29) is 5.41 Å². The quantitative estimate of drug-likeness (QED) is 0.602. The predicted molar refractivity (Wildman–Crippen MR) is 62.4 cm³/mol. The Kier molecular flexibility index (Phi) is 2.39. The summed E-state index contributed by atoms with van der Waals surface area (Å²) in [6, 6.07) is 0. The second-order valence-electron chi connectivity index (χ2n) is 6.28. The number of carboxylic acids is 1. The van der Waals surface area contributed by atoms with Gasteiger partial charge in [0.05, 0.1) is 0 Å². The summed E-state index contributed by atoms with van der Waals surface area (Å²) in [6.07, 6.45) is 10.8. The Hall–Kier alpha value is -1.12. The van der Waals surface area contributed by atoms with Gasteiger partial charge in [0.15, 0.2) is 0 Å². The molecular weight excluding hydrogens is 216 g/mol. The summed E-state index contributed by atoms with van der Waals surface area (Å²) in [5, 5.41) is 8.59. The van der Waals surface area contributed by atoms with E-state index in [9.17, 15) is 9.59 Å². The van der Waals surface area contributed by atoms with Crippen molar-refractivity contribution in [1.29, 1.82) is 0 Å². The molecule has 4 bridgehead atoms. The van der Waals surface area contributed by atoms with Gasteiger partial charge in [-0.3, -0.25) is 4.79 Å². The van der Waals surface area contributed by atoms with Crippen molar-refractivity contribution < 1.29 is 14.7 Å². The van der Waals surface area contributed by atoms with E-state index < -0.39 is 11.8 Å². The topological polar surface area (TPSA) is 54.4 Å². The minimum absolute atomic E-state index is 0.153. The van der Waals surface area contributed by atoms with Gasteiger partial charge in [0.2, 0.25) is 0 Å². The van der Waals surface area contributed by atoms with Crippen LogP contribution in [0.5, 0.6) is 0 Å². The van der Waals surface area contributed by atoms with Crippen molar-refractivity contribution in [3.63, 3.8) is 0 Å². The van der Waals surface area contributed by atoms with Crippen molar-refractivity contribution in [2.24, 2.45) is 23.2 Å². The molecule has 0 radical (unpaired) electrons. The second-order valence-corrected chi connectivity index (χ2v) is 6.28. The lowest BCUT2D eigenvalue weighted by Gasteiger charge is -2.55. The average Bonchev–Trinajstić information content (AvgIpc) is 2.24. The monoisotopic (exact) mass is 234 g/mol. The Morgan fingerprint density at radius 2 is 1.47 bits per heavy atom. The summed E-state index contributed by atoms with van der Waals surface area (Å²) < 4.78 is 0. The molecule has 0 aromatic carbocycles. The van der Waals surface area contributed by atoms with E-state index in [1.807, 2.05) is 6.08 Å². The zero-order valence-electron chi connectivity index (χ0n) is 9.89. The third-order valence-electron chi connectivity index (χ3n) is 4.88. The highest BCUT2D eigenvalue weighted by molar-refractivity contribution is 6.37. The number of carboxylic acid groups (broad SMARTS) is 1. The van der Waals surface area contributed by atoms with Crippen LogP contribution in [-0.4, -0.2) is 16.9 Å². The van der Waals surface area contributed by atoms with Gasteiger partial charge in [-0.05, 0) is 67.8 Å². The summed E-state index contributed by atoms with van der Waals surface area (Å²) in [7, 11) is 0. The molecule has 17 heavy (non-hydrogen) atoms. The molecule has 4 aliphatic rings. The van der Waals surface area contributed by atoms with Crippen LogP contribution in [0, 0.1) is 23.2 Å². The first-order chi connectivity index (χ1) is 8.06. The summed E-state index contributed by atoms with van der Waals surface area (Å²) in [5.74, 6) is 0.356. The Morgan fingerprint density at radius 3 is 1.88 bits per heavy atom. The molecule has 4 fully saturated rings. The molecule has 4 saturated carbocycles. The minimum Gasteiger partial charge on any atom is -0.475 e. The maximum atomic E-state index is 11.1. The van der Waals surface area contributed by atoms with E-state index in [4.69, 9.17) is 5.11 Å². The van der Waals surface area contributed by atoms with Gasteiger partial charge in [-0.1, -0.05) is 6.08 Å². The number of rotatable bonds is 3. The van der Waals surface area contributed by atoms with E-state index >= 15 is 0 Å². The highest BCUT2D eigenvalue weighted by atomic mass is 16.4. The van der Waals surface area contributed by atoms with Gasteiger partial charge in [-0.15, -0.1) is 0 Å². The molecule has 1 N–H and O–H groups in total. The number of aliphatic carboxylic acids is 1. The van der Waals surface area contributed by atoms with Crippen molar-refractivity contribution in [3.8, 4) is 0 Å². The average molecular weight is 234 g/mol. The van der Waals surface area contributed by atoms with Gasteiger partial charge in [0, 0.05) is 0 Å². The van der Waals surface area contributed by atoms with Gasteiger partial charge in [0.25, 0.3) is 5.78 Å². The van der Waals surface area contributed by atoms with Crippen molar-refractivity contribution >= 4 is 11.8 Å². The van der Waals surface area contributed by atoms with Crippen LogP contribution < -0.4 is 0 Å². The lowest BCUT2D eigenvalue weighted by atomic mass is 9.49. The van der Waals surface area contributed by atoms with E-state index in [2.05, 4.69) is 0 Å². The van der Waals surface area contributed by atoms with Crippen molar-refractivity contribution in [3.05, 3.63) is 12.2 Å². The number of hydrogen-bond acceptors (Lipinski definition) is 2. The molecule has 92 valence electrons. The summed E-state index contributed by atoms with van der Waals surface area (Å²) in [4.78, 5) is 21.7. The molecule has 0 spiro atoms. The van der Waals surface area contributed by atoms with Crippen LogP contribution in [-0.2, 0) is 9.59 Å². The molecule has 0 saturated heterocycles. The zero-order chi connectivity index (χ0) is 12.0. The maximum absolute atomic E-state index is 11.1. The molecule has 3 heteroatoms. The Morgan fingerprint density at radius 1 is 1.00 bits per heavy atom. The highest BCUT2D eigenvalue weighted by Crippen LogP contribution is 2.60. The van der Waals surface area contributed by atoms with Gasteiger partial charge in [0.1, 0.15) is 0 Å². The molecule has 0 heterocycles. The van der Waals surface area contributed by atoms with Crippen LogP contribution in [0.2, 0.25) is 0 Å². The third kappa shape index (κ3) is 1.92. The normalized spacial score (nSPS) is 43.2. The molecule has 0 aromatic heterocycles. The first-order valence-electron chi connectivity index (χ1n) is 6.53. The molecule has 4 aliphatic carbocycles. The first kappa shape index (κ1) is 11.0. The number of hydrogen-bond donors (Lipinski definition) is 1. The largest absolute Gasteiger partial charge is 0.475 e. The summed E-state index contributed by atoms with van der Waals surface area (Å²) in [6.45, 7) is 0. The second kappa shape index (κ2) is 3.69. The number of allylic oxidation sites excluding steroid dienone is 1. The van der Waals surface area contributed by atoms with Crippen molar-refractivity contribution in [2.45, 2.75) is 38.5 Å². The SMILES string of the molecule is O=C(O)C(=O)/C=C/C12CC3CC(CC(C3)C1)C2. The van der Waals surface area contributed by atoms with E-state index in [0.717, 1.165) is 17.8 Å². The van der Waals surface area contributed by atoms with Crippen LogP contribution in [0.3, 0.4) is 0 Å². The molecule has 0 amide bonds. The molecule has 0 unspecified atom stereocenters. The third-order valence-corrected chi connectivity index (χ3v) is 4.88. The number of carbonyl (C=O) groups excluding carboxylic acids is 1. The van der Waals surface area contributed by atoms with E-state index in [1.165, 1.54) is 44.6 Å². The first-order valence-corrected chi connectivity index (χ1v) is 6.53. The maximum Gasteiger partial charge on any atom is 0.376 e. The van der Waals surface area contributed by atoms with Crippen molar-refractivity contribution in [2.75, 3.05) is 0 Å². The van der Waals surface area contributed by atoms with Crippen molar-refractivity contribution in [1.82, 2.24) is 0 Å². The zero-order valence-corrected chi connectivity index (χ0v) is 9.89. The van der Waals surface area contributed by atoms with Gasteiger partial charge in [-0.2, -0.15) is 0 Å². The molecule has 3 nitrogen and oxygen atoms in total. The van der Waals surface area contributed by atoms with Crippen LogP contribution in [0.4, 0.5) is 0 Å². The van der Waals surface area contributed by atoms with Gasteiger partial charge >= 0.3 is 5.97 Å². The van der Waals surface area contributed by atoms with Gasteiger partial charge < -0.3 is 5.11 Å². The molecular formula is C14H18O3. The fourth-order valence-corrected chi connectivity index (χ4v) is 4.71. The molecule has 4 rings (SSSR count). The van der Waals surface area contributed by atoms with Crippen LogP contribution in [0.15, 0.2) is 12.2 Å². The Bertz CT molecular complexity index is 359. The highest BCUT2D eigenvalue weighted by Gasteiger charge is 2.49. The van der Waals surface area contributed by atoms with Crippen LogP contribution in [0.25, 0.3) is 0 Å². The fourth-order valence-electron chi connectivity index (χ4n) is 4.71. The molecule has 0 atom stereocenters. The molecule has 0 aliphatic heterocycles.